The Kier molecular flexibility index (Phi) is 15.3. The highest BCUT2D eigenvalue weighted by atomic mass is 16.5. The summed E-state index contributed by atoms with van der Waals surface area (Å²) in [6, 6.07) is 0. The van der Waals surface area contributed by atoms with Gasteiger partial charge in [0.05, 0.1) is 11.7 Å². The number of esters is 1. The number of allylic oxidation sites excluding steroid dienone is 3. The van der Waals surface area contributed by atoms with Gasteiger partial charge in [0.1, 0.15) is 0 Å². The average Bonchev–Trinajstić information content (AvgIpc) is 2.54. The molecule has 5 heteroatoms. The van der Waals surface area contributed by atoms with E-state index in [0.717, 1.165) is 18.4 Å². The molecule has 0 saturated carbocycles. The van der Waals surface area contributed by atoms with Gasteiger partial charge in [0.2, 0.25) is 0 Å². The number of hydrogen-bond donors (Lipinski definition) is 1. The molecule has 1 atom stereocenters. The van der Waals surface area contributed by atoms with E-state index < -0.39 is 5.97 Å². The summed E-state index contributed by atoms with van der Waals surface area (Å²) >= 11 is 0. The molecule has 0 aromatic heterocycles. The molecule has 5 nitrogen and oxygen atoms in total. The summed E-state index contributed by atoms with van der Waals surface area (Å²) in [7, 11) is 1.77. The third kappa shape index (κ3) is 18.9. The molecule has 28 heavy (non-hydrogen) atoms. The minimum atomic E-state index is -0.935. The summed E-state index contributed by atoms with van der Waals surface area (Å²) < 4.78 is 10.5. The molecule has 0 fully saturated rings. The topological polar surface area (TPSA) is 72.8 Å². The van der Waals surface area contributed by atoms with Crippen molar-refractivity contribution in [1.29, 1.82) is 0 Å². The molecule has 1 N–H and O–H groups in total. The molecule has 0 aliphatic heterocycles. The van der Waals surface area contributed by atoms with Gasteiger partial charge in [0.25, 0.3) is 0 Å². The minimum Gasteiger partial charge on any atom is -0.478 e. The van der Waals surface area contributed by atoms with Gasteiger partial charge in [-0.25, -0.2) is 9.59 Å². The third-order valence-corrected chi connectivity index (χ3v) is 4.01. The monoisotopic (exact) mass is 396 g/mol. The number of aliphatic carboxylic acids is 1. The Morgan fingerprint density at radius 1 is 1.18 bits per heavy atom. The van der Waals surface area contributed by atoms with Crippen LogP contribution in [0.4, 0.5) is 0 Å². The Labute approximate surface area is 171 Å². The van der Waals surface area contributed by atoms with Crippen LogP contribution in [-0.4, -0.2) is 35.9 Å². The Balaban J connectivity index is 0. The fourth-order valence-corrected chi connectivity index (χ4v) is 2.08. The molecule has 0 radical (unpaired) electrons. The number of carbonyl (C=O) groups excluding carboxylic acids is 1. The van der Waals surface area contributed by atoms with E-state index in [1.165, 1.54) is 19.8 Å². The lowest BCUT2D eigenvalue weighted by atomic mass is 9.95. The zero-order chi connectivity index (χ0) is 22.3. The van der Waals surface area contributed by atoms with Gasteiger partial charge < -0.3 is 14.6 Å². The molecule has 0 aromatic rings. The molecular formula is C23H40O5. The largest absolute Gasteiger partial charge is 0.478 e. The molecule has 1 unspecified atom stereocenters. The predicted molar refractivity (Wildman–Crippen MR) is 115 cm³/mol. The molecule has 162 valence electrons. The summed E-state index contributed by atoms with van der Waals surface area (Å²) in [5.74, 6) is -0.568. The maximum Gasteiger partial charge on any atom is 0.331 e. The second-order valence-electron chi connectivity index (χ2n) is 8.06. The van der Waals surface area contributed by atoms with Gasteiger partial charge in [0.15, 0.2) is 0 Å². The van der Waals surface area contributed by atoms with Crippen molar-refractivity contribution in [3.8, 4) is 0 Å². The molecule has 0 amide bonds. The molecule has 0 spiro atoms. The molecule has 0 rings (SSSR count). The summed E-state index contributed by atoms with van der Waals surface area (Å²) in [6.07, 6.45) is 10.1. The minimum absolute atomic E-state index is 0.0222. The molecular weight excluding hydrogens is 356 g/mol. The Bertz CT molecular complexity index is 529. The lowest BCUT2D eigenvalue weighted by molar-refractivity contribution is -0.141. The maximum absolute atomic E-state index is 11.5. The Morgan fingerprint density at radius 3 is 2.14 bits per heavy atom. The van der Waals surface area contributed by atoms with Crippen molar-refractivity contribution in [3.05, 3.63) is 36.0 Å². The lowest BCUT2D eigenvalue weighted by Gasteiger charge is -2.23. The van der Waals surface area contributed by atoms with Crippen LogP contribution in [0, 0.1) is 5.92 Å². The molecule has 0 heterocycles. The standard InChI is InChI=1S/C19H34O3.C4H6O2/c1-15(2)22-18(20)14-17(4)11-8-10-16(3)12-9-13-19(5,6)21-7;1-3(2)4(5)6/h8,11,14-16H,9-10,12-13H2,1-7H3;1H2,2H3,(H,5,6)/b11-8+,17-14+;. The zero-order valence-electron chi connectivity index (χ0n) is 19.0. The van der Waals surface area contributed by atoms with Crippen LogP contribution in [0.5, 0.6) is 0 Å². The van der Waals surface area contributed by atoms with Gasteiger partial charge in [-0.3, -0.25) is 0 Å². The predicted octanol–water partition coefficient (Wildman–Crippen LogP) is 5.71. The van der Waals surface area contributed by atoms with Crippen molar-refractivity contribution in [2.45, 2.75) is 85.9 Å². The number of carbonyl (C=O) groups is 2. The van der Waals surface area contributed by atoms with Crippen molar-refractivity contribution in [3.63, 3.8) is 0 Å². The van der Waals surface area contributed by atoms with Gasteiger partial charge >= 0.3 is 11.9 Å². The van der Waals surface area contributed by atoms with Crippen molar-refractivity contribution >= 4 is 11.9 Å². The van der Waals surface area contributed by atoms with Crippen LogP contribution in [0.1, 0.15) is 74.1 Å². The van der Waals surface area contributed by atoms with E-state index in [2.05, 4.69) is 33.4 Å². The van der Waals surface area contributed by atoms with Crippen molar-refractivity contribution in [2.75, 3.05) is 7.11 Å². The molecule has 0 saturated heterocycles. The Morgan fingerprint density at radius 2 is 1.71 bits per heavy atom. The van der Waals surface area contributed by atoms with Gasteiger partial charge in [-0.15, -0.1) is 0 Å². The first kappa shape index (κ1) is 28.3. The normalized spacial score (nSPS) is 13.1. The van der Waals surface area contributed by atoms with Crippen LogP contribution in [0.2, 0.25) is 0 Å². The first-order valence-electron chi connectivity index (χ1n) is 9.80. The first-order chi connectivity index (χ1) is 12.8. The van der Waals surface area contributed by atoms with Crippen molar-refractivity contribution in [2.24, 2.45) is 5.92 Å². The van der Waals surface area contributed by atoms with E-state index >= 15 is 0 Å². The highest BCUT2D eigenvalue weighted by Gasteiger charge is 2.15. The van der Waals surface area contributed by atoms with E-state index in [4.69, 9.17) is 14.6 Å². The van der Waals surface area contributed by atoms with E-state index in [0.29, 0.717) is 5.92 Å². The van der Waals surface area contributed by atoms with E-state index in [1.807, 2.05) is 26.8 Å². The second kappa shape index (κ2) is 15.1. The van der Waals surface area contributed by atoms with Crippen LogP contribution >= 0.6 is 0 Å². The summed E-state index contributed by atoms with van der Waals surface area (Å²) in [6.45, 7) is 16.7. The first-order valence-corrected chi connectivity index (χ1v) is 9.80. The van der Waals surface area contributed by atoms with Gasteiger partial charge in [-0.2, -0.15) is 0 Å². The maximum atomic E-state index is 11.5. The van der Waals surface area contributed by atoms with E-state index in [9.17, 15) is 9.59 Å². The van der Waals surface area contributed by atoms with Crippen molar-refractivity contribution < 1.29 is 24.2 Å². The molecule has 0 aliphatic carbocycles. The van der Waals surface area contributed by atoms with E-state index in [-0.39, 0.29) is 23.2 Å². The van der Waals surface area contributed by atoms with Gasteiger partial charge in [-0.1, -0.05) is 38.5 Å². The number of ether oxygens (including phenoxy) is 2. The number of hydrogen-bond acceptors (Lipinski definition) is 4. The average molecular weight is 397 g/mol. The van der Waals surface area contributed by atoms with Crippen LogP contribution in [0.25, 0.3) is 0 Å². The fraction of sp³-hybridized carbons (Fsp3) is 0.652. The van der Waals surface area contributed by atoms with Crippen LogP contribution in [-0.2, 0) is 19.1 Å². The van der Waals surface area contributed by atoms with Crippen molar-refractivity contribution in [1.82, 2.24) is 0 Å². The van der Waals surface area contributed by atoms with Gasteiger partial charge in [-0.05, 0) is 65.9 Å². The summed E-state index contributed by atoms with van der Waals surface area (Å²) in [5.41, 5.74) is 1.08. The molecule has 0 aromatic carbocycles. The van der Waals surface area contributed by atoms with Crippen LogP contribution < -0.4 is 0 Å². The zero-order valence-corrected chi connectivity index (χ0v) is 19.0. The third-order valence-electron chi connectivity index (χ3n) is 4.01. The summed E-state index contributed by atoms with van der Waals surface area (Å²) in [5, 5.41) is 7.89. The molecule has 0 bridgehead atoms. The summed E-state index contributed by atoms with van der Waals surface area (Å²) in [4.78, 5) is 21.1. The Hall–Kier alpha value is -1.88. The SMILES string of the molecule is C=C(C)C(=O)O.COC(C)(C)CCCC(C)C/C=C/C(C)=C/C(=O)OC(C)C. The number of methoxy groups -OCH3 is 1. The fourth-order valence-electron chi connectivity index (χ4n) is 2.08. The number of rotatable bonds is 11. The quantitative estimate of drug-likeness (QED) is 0.275. The highest BCUT2D eigenvalue weighted by molar-refractivity contribution is 5.84. The highest BCUT2D eigenvalue weighted by Crippen LogP contribution is 2.20. The molecule has 0 aliphatic rings. The van der Waals surface area contributed by atoms with Gasteiger partial charge in [0, 0.05) is 18.8 Å². The van der Waals surface area contributed by atoms with Crippen LogP contribution in [0.3, 0.4) is 0 Å². The number of carboxylic acids is 1. The lowest BCUT2D eigenvalue weighted by Crippen LogP contribution is -2.22. The second-order valence-corrected chi connectivity index (χ2v) is 8.06. The van der Waals surface area contributed by atoms with E-state index in [1.54, 1.807) is 13.2 Å². The smallest absolute Gasteiger partial charge is 0.331 e. The van der Waals surface area contributed by atoms with Crippen LogP contribution in [0.15, 0.2) is 36.0 Å². The number of carboxylic acid groups (broad SMARTS) is 1.